The topological polar surface area (TPSA) is 65.2 Å². The van der Waals surface area contributed by atoms with Crippen molar-refractivity contribution in [2.24, 2.45) is 0 Å². The van der Waals surface area contributed by atoms with Crippen LogP contribution in [0.2, 0.25) is 0 Å². The molecular weight excluding hydrogens is 338 g/mol. The van der Waals surface area contributed by atoms with Crippen LogP contribution in [-0.4, -0.2) is 47.3 Å². The summed E-state index contributed by atoms with van der Waals surface area (Å²) in [5.41, 5.74) is 1.93. The van der Waals surface area contributed by atoms with E-state index < -0.39 is 11.7 Å². The Labute approximate surface area is 161 Å². The Bertz CT molecular complexity index is 745. The Hall–Kier alpha value is -2.40. The van der Waals surface area contributed by atoms with Crippen molar-refractivity contribution in [3.8, 4) is 0 Å². The lowest BCUT2D eigenvalue weighted by Crippen LogP contribution is -2.51. The number of carbonyl (C=O) groups excluding carboxylic acids is 2. The molecular formula is C22H29N3O2. The highest BCUT2D eigenvalue weighted by Crippen LogP contribution is 2.36. The van der Waals surface area contributed by atoms with Gasteiger partial charge in [0.05, 0.1) is 0 Å². The number of aryl methyl sites for hydroxylation is 1. The van der Waals surface area contributed by atoms with Crippen molar-refractivity contribution in [1.29, 1.82) is 0 Å². The average Bonchev–Trinajstić information content (AvgIpc) is 3.22. The van der Waals surface area contributed by atoms with Crippen LogP contribution in [0.4, 0.5) is 0 Å². The standard InChI is InChI=1S/C22H29N3O2/c1-25(2)22(12-8-17-6-4-3-5-7-17)13-9-19(10-14-22)24-21(27)20(26)18-11-15-23-16-18/h3-7,11,15-16,19,23H,8-10,12-14H2,1-2H3,(H,24,27). The summed E-state index contributed by atoms with van der Waals surface area (Å²) in [6.07, 6.45) is 9.22. The number of hydrogen-bond acceptors (Lipinski definition) is 3. The molecule has 3 rings (SSSR count). The number of rotatable bonds is 7. The molecule has 2 aromatic rings. The normalized spacial score (nSPS) is 22.6. The van der Waals surface area contributed by atoms with Crippen LogP contribution in [0.1, 0.15) is 48.0 Å². The third-order valence-electron chi connectivity index (χ3n) is 5.99. The van der Waals surface area contributed by atoms with E-state index in [9.17, 15) is 9.59 Å². The van der Waals surface area contributed by atoms with Gasteiger partial charge in [-0.15, -0.1) is 0 Å². The Morgan fingerprint density at radius 2 is 1.85 bits per heavy atom. The van der Waals surface area contributed by atoms with Gasteiger partial charge in [0, 0.05) is 29.5 Å². The number of amides is 1. The molecule has 1 aromatic carbocycles. The van der Waals surface area contributed by atoms with Crippen molar-refractivity contribution in [3.05, 3.63) is 59.9 Å². The highest BCUT2D eigenvalue weighted by atomic mass is 16.2. The zero-order chi connectivity index (χ0) is 19.3. The maximum absolute atomic E-state index is 12.2. The van der Waals surface area contributed by atoms with Gasteiger partial charge in [-0.2, -0.15) is 0 Å². The SMILES string of the molecule is CN(C)C1(CCc2ccccc2)CCC(NC(=O)C(=O)c2cc[nH]c2)CC1. The van der Waals surface area contributed by atoms with Gasteiger partial charge in [0.25, 0.3) is 11.7 Å². The molecule has 2 N–H and O–H groups in total. The summed E-state index contributed by atoms with van der Waals surface area (Å²) in [6.45, 7) is 0. The minimum atomic E-state index is -0.499. The van der Waals surface area contributed by atoms with Crippen LogP contribution in [-0.2, 0) is 11.2 Å². The molecule has 1 aliphatic carbocycles. The lowest BCUT2D eigenvalue weighted by Gasteiger charge is -2.45. The van der Waals surface area contributed by atoms with Crippen LogP contribution in [0.3, 0.4) is 0 Å². The number of benzene rings is 1. The molecule has 5 nitrogen and oxygen atoms in total. The van der Waals surface area contributed by atoms with Crippen LogP contribution in [0.25, 0.3) is 0 Å². The Balaban J connectivity index is 1.55. The average molecular weight is 367 g/mol. The fourth-order valence-corrected chi connectivity index (χ4v) is 4.09. The van der Waals surface area contributed by atoms with Gasteiger partial charge < -0.3 is 15.2 Å². The molecule has 0 radical (unpaired) electrons. The number of ketones is 1. The number of Topliss-reactive ketones (excluding diaryl/α,β-unsaturated/α-hetero) is 1. The van der Waals surface area contributed by atoms with Crippen LogP contribution in [0.15, 0.2) is 48.8 Å². The monoisotopic (exact) mass is 367 g/mol. The first-order chi connectivity index (χ1) is 13.0. The van der Waals surface area contributed by atoms with E-state index in [1.165, 1.54) is 5.56 Å². The highest BCUT2D eigenvalue weighted by Gasteiger charge is 2.37. The van der Waals surface area contributed by atoms with Gasteiger partial charge >= 0.3 is 0 Å². The van der Waals surface area contributed by atoms with Gasteiger partial charge in [-0.1, -0.05) is 30.3 Å². The summed E-state index contributed by atoms with van der Waals surface area (Å²) in [5.74, 6) is -0.967. The van der Waals surface area contributed by atoms with E-state index in [0.717, 1.165) is 38.5 Å². The quantitative estimate of drug-likeness (QED) is 0.583. The molecule has 27 heavy (non-hydrogen) atoms. The van der Waals surface area contributed by atoms with Gasteiger partial charge in [0.1, 0.15) is 0 Å². The second-order valence-electron chi connectivity index (χ2n) is 7.78. The predicted octanol–water partition coefficient (Wildman–Crippen LogP) is 3.19. The predicted molar refractivity (Wildman–Crippen MR) is 107 cm³/mol. The van der Waals surface area contributed by atoms with Gasteiger partial charge in [0.2, 0.25) is 0 Å². The third-order valence-corrected chi connectivity index (χ3v) is 5.99. The summed E-state index contributed by atoms with van der Waals surface area (Å²) in [6, 6.07) is 12.3. The third kappa shape index (κ3) is 4.66. The van der Waals surface area contributed by atoms with Crippen molar-refractivity contribution >= 4 is 11.7 Å². The van der Waals surface area contributed by atoms with E-state index in [-0.39, 0.29) is 11.6 Å². The van der Waals surface area contributed by atoms with Crippen molar-refractivity contribution in [2.75, 3.05) is 14.1 Å². The molecule has 1 heterocycles. The van der Waals surface area contributed by atoms with Crippen LogP contribution >= 0.6 is 0 Å². The maximum Gasteiger partial charge on any atom is 0.292 e. The van der Waals surface area contributed by atoms with Gasteiger partial charge in [-0.3, -0.25) is 9.59 Å². The molecule has 1 amide bonds. The van der Waals surface area contributed by atoms with Crippen molar-refractivity contribution in [1.82, 2.24) is 15.2 Å². The van der Waals surface area contributed by atoms with Gasteiger partial charge in [0.15, 0.2) is 0 Å². The summed E-state index contributed by atoms with van der Waals surface area (Å²) < 4.78 is 0. The fourth-order valence-electron chi connectivity index (χ4n) is 4.09. The van der Waals surface area contributed by atoms with Crippen molar-refractivity contribution < 1.29 is 9.59 Å². The maximum atomic E-state index is 12.2. The van der Waals surface area contributed by atoms with Crippen LogP contribution < -0.4 is 5.32 Å². The largest absolute Gasteiger partial charge is 0.367 e. The molecule has 0 spiro atoms. The number of aromatic nitrogens is 1. The minimum Gasteiger partial charge on any atom is -0.367 e. The highest BCUT2D eigenvalue weighted by molar-refractivity contribution is 6.42. The number of nitrogens with zero attached hydrogens (tertiary/aromatic N) is 1. The van der Waals surface area contributed by atoms with Crippen molar-refractivity contribution in [3.63, 3.8) is 0 Å². The molecule has 0 unspecified atom stereocenters. The Morgan fingerprint density at radius 3 is 2.44 bits per heavy atom. The first-order valence-electron chi connectivity index (χ1n) is 9.69. The summed E-state index contributed by atoms with van der Waals surface area (Å²) in [7, 11) is 4.30. The lowest BCUT2D eigenvalue weighted by atomic mass is 9.75. The second kappa shape index (κ2) is 8.53. The molecule has 1 fully saturated rings. The van der Waals surface area contributed by atoms with E-state index in [1.54, 1.807) is 18.5 Å². The van der Waals surface area contributed by atoms with E-state index >= 15 is 0 Å². The Morgan fingerprint density at radius 1 is 1.15 bits per heavy atom. The van der Waals surface area contributed by atoms with Crippen LogP contribution in [0, 0.1) is 0 Å². The lowest BCUT2D eigenvalue weighted by molar-refractivity contribution is -0.118. The minimum absolute atomic E-state index is 0.0743. The summed E-state index contributed by atoms with van der Waals surface area (Å²) in [4.78, 5) is 29.5. The molecule has 0 saturated heterocycles. The van der Waals surface area contributed by atoms with Gasteiger partial charge in [-0.05, 0) is 64.3 Å². The zero-order valence-corrected chi connectivity index (χ0v) is 16.2. The fraction of sp³-hybridized carbons (Fsp3) is 0.455. The summed E-state index contributed by atoms with van der Waals surface area (Å²) in [5, 5.41) is 2.94. The first kappa shape index (κ1) is 19.4. The number of aromatic amines is 1. The molecule has 0 bridgehead atoms. The molecule has 0 aliphatic heterocycles. The smallest absolute Gasteiger partial charge is 0.292 e. The second-order valence-corrected chi connectivity index (χ2v) is 7.78. The van der Waals surface area contributed by atoms with Crippen molar-refractivity contribution in [2.45, 2.75) is 50.1 Å². The number of nitrogens with one attached hydrogen (secondary N) is 2. The number of H-pyrrole nitrogens is 1. The van der Waals surface area contributed by atoms with E-state index in [0.29, 0.717) is 5.56 Å². The molecule has 1 saturated carbocycles. The number of carbonyl (C=O) groups is 2. The molecule has 0 atom stereocenters. The summed E-state index contributed by atoms with van der Waals surface area (Å²) >= 11 is 0. The van der Waals surface area contributed by atoms with E-state index in [4.69, 9.17) is 0 Å². The van der Waals surface area contributed by atoms with E-state index in [1.807, 2.05) is 6.07 Å². The zero-order valence-electron chi connectivity index (χ0n) is 16.2. The molecule has 1 aliphatic rings. The number of hydrogen-bond donors (Lipinski definition) is 2. The van der Waals surface area contributed by atoms with Gasteiger partial charge in [-0.25, -0.2) is 0 Å². The first-order valence-corrected chi connectivity index (χ1v) is 9.69. The molecule has 1 aromatic heterocycles. The van der Waals surface area contributed by atoms with E-state index in [2.05, 4.69) is 53.6 Å². The molecule has 144 valence electrons. The Kier molecular flexibility index (Phi) is 6.11. The van der Waals surface area contributed by atoms with Crippen LogP contribution in [0.5, 0.6) is 0 Å². The molecule has 5 heteroatoms.